The molecule has 24 heavy (non-hydrogen) atoms. The number of methoxy groups -OCH3 is 1. The van der Waals surface area contributed by atoms with Crippen LogP contribution in [0.1, 0.15) is 39.4 Å². The van der Waals surface area contributed by atoms with Crippen molar-refractivity contribution in [1.29, 1.82) is 0 Å². The van der Waals surface area contributed by atoms with Crippen LogP contribution in [0.15, 0.2) is 18.2 Å². The minimum Gasteiger partial charge on any atom is -0.496 e. The van der Waals surface area contributed by atoms with Crippen molar-refractivity contribution in [2.75, 3.05) is 13.7 Å². The van der Waals surface area contributed by atoms with E-state index in [1.54, 1.807) is 33.9 Å². The molecule has 1 atom stereocenters. The fourth-order valence-electron chi connectivity index (χ4n) is 2.78. The predicted octanol–water partition coefficient (Wildman–Crippen LogP) is 4.18. The van der Waals surface area contributed by atoms with Crippen molar-refractivity contribution in [3.8, 4) is 5.75 Å². The molecule has 0 spiro atoms. The van der Waals surface area contributed by atoms with E-state index >= 15 is 0 Å². The van der Waals surface area contributed by atoms with Crippen molar-refractivity contribution in [2.24, 2.45) is 0 Å². The van der Waals surface area contributed by atoms with Crippen molar-refractivity contribution < 1.29 is 18.7 Å². The molecule has 6 heteroatoms. The molecule has 0 radical (unpaired) electrons. The molecule has 5 nitrogen and oxygen atoms in total. The van der Waals surface area contributed by atoms with Crippen LogP contribution in [-0.2, 0) is 4.74 Å². The molecular formula is C18H25FN2O3. The first-order valence-electron chi connectivity index (χ1n) is 7.95. The van der Waals surface area contributed by atoms with Crippen molar-refractivity contribution >= 4 is 17.0 Å². The number of alkyl carbamates (subject to hydrolysis) is 1. The summed E-state index contributed by atoms with van der Waals surface area (Å²) in [6.45, 7) is 9.57. The second-order valence-electron chi connectivity index (χ2n) is 6.90. The van der Waals surface area contributed by atoms with Gasteiger partial charge < -0.3 is 19.4 Å². The molecule has 1 unspecified atom stereocenters. The van der Waals surface area contributed by atoms with Gasteiger partial charge in [-0.3, -0.25) is 0 Å². The van der Waals surface area contributed by atoms with Crippen LogP contribution >= 0.6 is 0 Å². The first kappa shape index (κ1) is 18.1. The molecule has 132 valence electrons. The van der Waals surface area contributed by atoms with Gasteiger partial charge in [0.1, 0.15) is 17.2 Å². The number of aromatic nitrogens is 1. The summed E-state index contributed by atoms with van der Waals surface area (Å²) >= 11 is 0. The fraction of sp³-hybridized carbons (Fsp3) is 0.500. The maximum Gasteiger partial charge on any atom is 0.407 e. The maximum absolute atomic E-state index is 14.4. The highest BCUT2D eigenvalue weighted by atomic mass is 19.1. The highest BCUT2D eigenvalue weighted by molar-refractivity contribution is 5.88. The van der Waals surface area contributed by atoms with Gasteiger partial charge in [-0.15, -0.1) is 0 Å². The van der Waals surface area contributed by atoms with E-state index < -0.39 is 11.7 Å². The zero-order valence-corrected chi connectivity index (χ0v) is 15.1. The van der Waals surface area contributed by atoms with Crippen LogP contribution in [0.3, 0.4) is 0 Å². The van der Waals surface area contributed by atoms with Gasteiger partial charge in [-0.25, -0.2) is 9.18 Å². The Morgan fingerprint density at radius 1 is 1.38 bits per heavy atom. The lowest BCUT2D eigenvalue weighted by atomic mass is 10.2. The summed E-state index contributed by atoms with van der Waals surface area (Å²) in [6.07, 6.45) is -0.485. The monoisotopic (exact) mass is 336 g/mol. The van der Waals surface area contributed by atoms with Gasteiger partial charge in [-0.05, 0) is 52.8 Å². The van der Waals surface area contributed by atoms with E-state index in [2.05, 4.69) is 5.32 Å². The van der Waals surface area contributed by atoms with Gasteiger partial charge in [0.2, 0.25) is 0 Å². The van der Waals surface area contributed by atoms with Crippen LogP contribution in [0.2, 0.25) is 0 Å². The number of hydrogen-bond donors (Lipinski definition) is 1. The second-order valence-corrected chi connectivity index (χ2v) is 6.90. The number of nitrogens with one attached hydrogen (secondary N) is 1. The number of halogens is 1. The lowest BCUT2D eigenvalue weighted by molar-refractivity contribution is 0.0521. The Bertz CT molecular complexity index is 747. The van der Waals surface area contributed by atoms with Gasteiger partial charge in [0.05, 0.1) is 12.6 Å². The van der Waals surface area contributed by atoms with Crippen molar-refractivity contribution in [3.05, 3.63) is 29.7 Å². The molecule has 0 fully saturated rings. The summed E-state index contributed by atoms with van der Waals surface area (Å²) in [7, 11) is 1.56. The van der Waals surface area contributed by atoms with Crippen LogP contribution in [0.4, 0.5) is 9.18 Å². The largest absolute Gasteiger partial charge is 0.496 e. The molecule has 1 N–H and O–H groups in total. The van der Waals surface area contributed by atoms with E-state index in [0.29, 0.717) is 17.8 Å². The number of amides is 1. The smallest absolute Gasteiger partial charge is 0.407 e. The molecule has 0 aliphatic carbocycles. The Labute approximate surface area is 141 Å². The van der Waals surface area contributed by atoms with E-state index in [0.717, 1.165) is 11.1 Å². The Hall–Kier alpha value is -2.24. The Kier molecular flexibility index (Phi) is 5.06. The Balaban J connectivity index is 2.25. The molecule has 1 amide bonds. The quantitative estimate of drug-likeness (QED) is 0.911. The summed E-state index contributed by atoms with van der Waals surface area (Å²) in [5.41, 5.74) is 0.820. The molecule has 0 saturated heterocycles. The number of carbonyl (C=O) groups excluding carboxylic acids is 1. The topological polar surface area (TPSA) is 52.5 Å². The Morgan fingerprint density at radius 2 is 2.04 bits per heavy atom. The van der Waals surface area contributed by atoms with Crippen molar-refractivity contribution in [2.45, 2.75) is 46.3 Å². The van der Waals surface area contributed by atoms with E-state index in [1.807, 2.05) is 24.5 Å². The third-order valence-electron chi connectivity index (χ3n) is 3.70. The highest BCUT2D eigenvalue weighted by Gasteiger charge is 2.20. The number of ether oxygens (including phenoxy) is 2. The first-order valence-corrected chi connectivity index (χ1v) is 7.95. The number of carbonyl (C=O) groups is 1. The molecule has 1 aromatic heterocycles. The molecule has 1 aromatic carbocycles. The third kappa shape index (κ3) is 3.80. The van der Waals surface area contributed by atoms with Crippen LogP contribution in [-0.4, -0.2) is 29.9 Å². The normalized spacial score (nSPS) is 13.0. The highest BCUT2D eigenvalue weighted by Crippen LogP contribution is 2.32. The molecule has 0 aliphatic heterocycles. The predicted molar refractivity (Wildman–Crippen MR) is 92.1 cm³/mol. The molecule has 2 rings (SSSR count). The van der Waals surface area contributed by atoms with Gasteiger partial charge in [0.15, 0.2) is 0 Å². The molecule has 0 bridgehead atoms. The van der Waals surface area contributed by atoms with Gasteiger partial charge in [-0.2, -0.15) is 0 Å². The molecule has 0 saturated carbocycles. The second kappa shape index (κ2) is 6.71. The van der Waals surface area contributed by atoms with E-state index in [-0.39, 0.29) is 11.9 Å². The average molecular weight is 336 g/mol. The van der Waals surface area contributed by atoms with Gasteiger partial charge in [0, 0.05) is 23.7 Å². The summed E-state index contributed by atoms with van der Waals surface area (Å²) < 4.78 is 26.8. The lowest BCUT2D eigenvalue weighted by Gasteiger charge is -2.22. The van der Waals surface area contributed by atoms with E-state index in [4.69, 9.17) is 9.47 Å². The number of hydrogen-bond acceptors (Lipinski definition) is 3. The van der Waals surface area contributed by atoms with Crippen LogP contribution < -0.4 is 10.1 Å². The number of rotatable bonds is 4. The summed E-state index contributed by atoms with van der Waals surface area (Å²) in [5.74, 6) is 0.309. The average Bonchev–Trinajstić information content (AvgIpc) is 2.81. The summed E-state index contributed by atoms with van der Waals surface area (Å²) in [5, 5.41) is 3.45. The van der Waals surface area contributed by atoms with E-state index in [1.165, 1.54) is 6.07 Å². The standard InChI is InChI=1S/C18H25FN2O3/c1-11-9-13-15(23-6)8-7-14(19)16(13)21(11)12(2)10-20-17(22)24-18(3,4)5/h7-9,12H,10H2,1-6H3,(H,20,22). The molecular weight excluding hydrogens is 311 g/mol. The van der Waals surface area contributed by atoms with Crippen LogP contribution in [0.5, 0.6) is 5.75 Å². The molecule has 0 aliphatic rings. The SMILES string of the molecule is COc1ccc(F)c2c1cc(C)n2C(C)CNC(=O)OC(C)(C)C. The van der Waals surface area contributed by atoms with Crippen molar-refractivity contribution in [3.63, 3.8) is 0 Å². The number of benzene rings is 1. The molecule has 2 aromatic rings. The summed E-state index contributed by atoms with van der Waals surface area (Å²) in [6, 6.07) is 4.76. The van der Waals surface area contributed by atoms with Gasteiger partial charge in [-0.1, -0.05) is 0 Å². The minimum atomic E-state index is -0.553. The summed E-state index contributed by atoms with van der Waals surface area (Å²) in [4.78, 5) is 11.8. The maximum atomic E-state index is 14.4. The zero-order chi connectivity index (χ0) is 18.1. The number of fused-ring (bicyclic) bond motifs is 1. The van der Waals surface area contributed by atoms with Crippen LogP contribution in [0, 0.1) is 12.7 Å². The fourth-order valence-corrected chi connectivity index (χ4v) is 2.78. The lowest BCUT2D eigenvalue weighted by Crippen LogP contribution is -2.35. The van der Waals surface area contributed by atoms with Gasteiger partial charge >= 0.3 is 6.09 Å². The third-order valence-corrected chi connectivity index (χ3v) is 3.70. The van der Waals surface area contributed by atoms with E-state index in [9.17, 15) is 9.18 Å². The number of nitrogens with zero attached hydrogens (tertiary/aromatic N) is 1. The van der Waals surface area contributed by atoms with Crippen LogP contribution in [0.25, 0.3) is 10.9 Å². The number of aryl methyl sites for hydroxylation is 1. The Morgan fingerprint density at radius 3 is 2.62 bits per heavy atom. The van der Waals surface area contributed by atoms with Crippen molar-refractivity contribution in [1.82, 2.24) is 9.88 Å². The zero-order valence-electron chi connectivity index (χ0n) is 15.1. The first-order chi connectivity index (χ1) is 11.1. The van der Waals surface area contributed by atoms with Gasteiger partial charge in [0.25, 0.3) is 0 Å². The molecule has 1 heterocycles. The minimum absolute atomic E-state index is 0.142.